The second kappa shape index (κ2) is 9.80. The number of amidine groups is 1. The van der Waals surface area contributed by atoms with Gasteiger partial charge in [-0.2, -0.15) is 0 Å². The summed E-state index contributed by atoms with van der Waals surface area (Å²) in [6.45, 7) is 4.61. The molecule has 1 aliphatic heterocycles. The van der Waals surface area contributed by atoms with Crippen molar-refractivity contribution in [3.05, 3.63) is 56.3 Å². The van der Waals surface area contributed by atoms with Crippen LogP contribution in [0, 0.1) is 5.92 Å². The third kappa shape index (κ3) is 5.85. The van der Waals surface area contributed by atoms with Gasteiger partial charge in [0.2, 0.25) is 5.91 Å². The van der Waals surface area contributed by atoms with E-state index in [1.807, 2.05) is 31.4 Å². The van der Waals surface area contributed by atoms with Crippen LogP contribution in [0.15, 0.2) is 46.4 Å². The molecule has 5 nitrogen and oxygen atoms in total. The van der Waals surface area contributed by atoms with Gasteiger partial charge in [-0.3, -0.25) is 14.5 Å². The van der Waals surface area contributed by atoms with Crippen molar-refractivity contribution in [3.63, 3.8) is 0 Å². The van der Waals surface area contributed by atoms with Crippen molar-refractivity contribution in [2.24, 2.45) is 10.9 Å². The van der Waals surface area contributed by atoms with E-state index < -0.39 is 0 Å². The summed E-state index contributed by atoms with van der Waals surface area (Å²) in [7, 11) is 0. The molecule has 0 spiro atoms. The minimum atomic E-state index is -0.241. The minimum absolute atomic E-state index is 0.103. The molecule has 0 radical (unpaired) electrons. The summed E-state index contributed by atoms with van der Waals surface area (Å²) in [4.78, 5) is 32.2. The lowest BCUT2D eigenvalue weighted by atomic mass is 10.2. The van der Waals surface area contributed by atoms with Crippen LogP contribution in [-0.2, 0) is 9.59 Å². The first-order chi connectivity index (χ1) is 13.8. The molecule has 0 fully saturated rings. The highest BCUT2D eigenvalue weighted by Crippen LogP contribution is 2.28. The average Bonchev–Trinajstić information content (AvgIpc) is 3.26. The van der Waals surface area contributed by atoms with Crippen LogP contribution in [0.3, 0.4) is 0 Å². The Bertz CT molecular complexity index is 972. The van der Waals surface area contributed by atoms with Gasteiger partial charge in [0.15, 0.2) is 5.17 Å². The lowest BCUT2D eigenvalue weighted by Crippen LogP contribution is -2.34. The summed E-state index contributed by atoms with van der Waals surface area (Å²) in [6, 6.07) is 8.73. The predicted molar refractivity (Wildman–Crippen MR) is 124 cm³/mol. The molecule has 0 aliphatic carbocycles. The maximum atomic E-state index is 12.8. The van der Waals surface area contributed by atoms with Gasteiger partial charge < -0.3 is 5.32 Å². The fourth-order valence-corrected chi connectivity index (χ4v) is 4.50. The Morgan fingerprint density at radius 2 is 2.14 bits per heavy atom. The van der Waals surface area contributed by atoms with E-state index in [0.29, 0.717) is 33.1 Å². The number of rotatable bonds is 6. The molecule has 1 aliphatic rings. The SMILES string of the molecule is CC(C)CN1C(=O)/C(=C/c2cccs2)N=C1SCC(=O)Nc1ccc(Cl)cc1Cl. The summed E-state index contributed by atoms with van der Waals surface area (Å²) in [5, 5.41) is 6.10. The van der Waals surface area contributed by atoms with Crippen LogP contribution in [-0.4, -0.2) is 34.2 Å². The Morgan fingerprint density at radius 3 is 2.79 bits per heavy atom. The van der Waals surface area contributed by atoms with Gasteiger partial charge in [-0.1, -0.05) is 54.9 Å². The minimum Gasteiger partial charge on any atom is -0.324 e. The lowest BCUT2D eigenvalue weighted by Gasteiger charge is -2.19. The number of amides is 2. The first kappa shape index (κ1) is 21.9. The smallest absolute Gasteiger partial charge is 0.278 e. The van der Waals surface area contributed by atoms with E-state index in [9.17, 15) is 9.59 Å². The van der Waals surface area contributed by atoms with E-state index in [-0.39, 0.29) is 23.5 Å². The summed E-state index contributed by atoms with van der Waals surface area (Å²) in [5.74, 6) is -0.00998. The number of anilines is 1. The molecule has 1 aromatic heterocycles. The first-order valence-corrected chi connectivity index (χ1v) is 11.5. The van der Waals surface area contributed by atoms with Gasteiger partial charge in [0.1, 0.15) is 5.70 Å². The van der Waals surface area contributed by atoms with Crippen LogP contribution < -0.4 is 5.32 Å². The van der Waals surface area contributed by atoms with Crippen molar-refractivity contribution in [3.8, 4) is 0 Å². The molecule has 2 aromatic rings. The van der Waals surface area contributed by atoms with E-state index in [4.69, 9.17) is 23.2 Å². The van der Waals surface area contributed by atoms with Crippen LogP contribution in [0.25, 0.3) is 6.08 Å². The molecule has 1 N–H and O–H groups in total. The van der Waals surface area contributed by atoms with Gasteiger partial charge in [0.25, 0.3) is 5.91 Å². The number of benzene rings is 1. The third-order valence-electron chi connectivity index (χ3n) is 3.82. The monoisotopic (exact) mass is 467 g/mol. The number of hydrogen-bond donors (Lipinski definition) is 1. The van der Waals surface area contributed by atoms with E-state index >= 15 is 0 Å². The maximum Gasteiger partial charge on any atom is 0.278 e. The topological polar surface area (TPSA) is 61.8 Å². The molecule has 152 valence electrons. The fraction of sp³-hybridized carbons (Fsp3) is 0.250. The zero-order valence-corrected chi connectivity index (χ0v) is 19.0. The van der Waals surface area contributed by atoms with Gasteiger partial charge >= 0.3 is 0 Å². The molecule has 9 heteroatoms. The Kier molecular flexibility index (Phi) is 7.40. The first-order valence-electron chi connectivity index (χ1n) is 8.87. The number of carbonyl (C=O) groups excluding carboxylic acids is 2. The normalized spacial score (nSPS) is 15.3. The number of halogens is 2. The Hall–Kier alpha value is -1.80. The molecule has 0 atom stereocenters. The molecular weight excluding hydrogens is 449 g/mol. The van der Waals surface area contributed by atoms with Crippen molar-refractivity contribution in [2.45, 2.75) is 13.8 Å². The second-order valence-electron chi connectivity index (χ2n) is 6.71. The van der Waals surface area contributed by atoms with E-state index in [0.717, 1.165) is 4.88 Å². The summed E-state index contributed by atoms with van der Waals surface area (Å²) < 4.78 is 0. The molecule has 2 amide bonds. The largest absolute Gasteiger partial charge is 0.324 e. The van der Waals surface area contributed by atoms with Crippen LogP contribution in [0.5, 0.6) is 0 Å². The zero-order valence-electron chi connectivity index (χ0n) is 15.8. The number of aliphatic imine (C=N–C) groups is 1. The van der Waals surface area contributed by atoms with E-state index in [1.165, 1.54) is 11.8 Å². The molecule has 3 rings (SSSR count). The molecule has 29 heavy (non-hydrogen) atoms. The molecule has 0 saturated heterocycles. The maximum absolute atomic E-state index is 12.8. The zero-order chi connectivity index (χ0) is 21.0. The molecule has 0 saturated carbocycles. The van der Waals surface area contributed by atoms with Crippen LogP contribution in [0.1, 0.15) is 18.7 Å². The standard InChI is InChI=1S/C20H19Cl2N3O2S2/c1-12(2)10-25-19(27)17(9-14-4-3-7-28-14)24-20(25)29-11-18(26)23-16-6-5-13(21)8-15(16)22/h3-9,12H,10-11H2,1-2H3,(H,23,26)/b17-9-. The average molecular weight is 468 g/mol. The van der Waals surface area contributed by atoms with E-state index in [2.05, 4.69) is 10.3 Å². The Balaban J connectivity index is 1.70. The van der Waals surface area contributed by atoms with Gasteiger partial charge in [0.05, 0.1) is 16.5 Å². The van der Waals surface area contributed by atoms with Crippen molar-refractivity contribution in [2.75, 3.05) is 17.6 Å². The summed E-state index contributed by atoms with van der Waals surface area (Å²) in [5.41, 5.74) is 0.875. The van der Waals surface area contributed by atoms with Crippen molar-refractivity contribution in [1.82, 2.24) is 4.90 Å². The molecule has 2 heterocycles. The number of hydrogen-bond acceptors (Lipinski definition) is 5. The molecular formula is C20H19Cl2N3O2S2. The van der Waals surface area contributed by atoms with Gasteiger partial charge in [-0.25, -0.2) is 4.99 Å². The molecule has 0 bridgehead atoms. The van der Waals surface area contributed by atoms with Gasteiger partial charge in [-0.05, 0) is 41.6 Å². The summed E-state index contributed by atoms with van der Waals surface area (Å²) >= 11 is 14.7. The lowest BCUT2D eigenvalue weighted by molar-refractivity contribution is -0.122. The highest BCUT2D eigenvalue weighted by molar-refractivity contribution is 8.14. The van der Waals surface area contributed by atoms with E-state index in [1.54, 1.807) is 40.5 Å². The Morgan fingerprint density at radius 1 is 1.34 bits per heavy atom. The van der Waals surface area contributed by atoms with Crippen LogP contribution >= 0.6 is 46.3 Å². The van der Waals surface area contributed by atoms with Crippen molar-refractivity contribution >= 4 is 75.0 Å². The van der Waals surface area contributed by atoms with Crippen LogP contribution in [0.4, 0.5) is 5.69 Å². The van der Waals surface area contributed by atoms with Crippen molar-refractivity contribution < 1.29 is 9.59 Å². The third-order valence-corrected chi connectivity index (χ3v) is 6.16. The highest BCUT2D eigenvalue weighted by atomic mass is 35.5. The number of thioether (sulfide) groups is 1. The van der Waals surface area contributed by atoms with Gasteiger partial charge in [-0.15, -0.1) is 11.3 Å². The van der Waals surface area contributed by atoms with Gasteiger partial charge in [0, 0.05) is 16.4 Å². The molecule has 0 unspecified atom stereocenters. The number of thiophene rings is 1. The van der Waals surface area contributed by atoms with Crippen molar-refractivity contribution in [1.29, 1.82) is 0 Å². The number of carbonyl (C=O) groups is 2. The Labute approximate surface area is 187 Å². The predicted octanol–water partition coefficient (Wildman–Crippen LogP) is 5.62. The highest BCUT2D eigenvalue weighted by Gasteiger charge is 2.31. The number of nitrogens with one attached hydrogen (secondary N) is 1. The second-order valence-corrected chi connectivity index (χ2v) is 9.48. The summed E-state index contributed by atoms with van der Waals surface area (Å²) in [6.07, 6.45) is 1.78. The molecule has 1 aromatic carbocycles. The quantitative estimate of drug-likeness (QED) is 0.560. The van der Waals surface area contributed by atoms with Crippen LogP contribution in [0.2, 0.25) is 10.0 Å². The number of nitrogens with zero attached hydrogens (tertiary/aromatic N) is 2. The fourth-order valence-electron chi connectivity index (χ4n) is 2.58.